The number of aromatic nitrogens is 4. The van der Waals surface area contributed by atoms with Gasteiger partial charge >= 0.3 is 0 Å². The molecule has 0 unspecified atom stereocenters. The van der Waals surface area contributed by atoms with E-state index >= 15 is 0 Å². The quantitative estimate of drug-likeness (QED) is 0.721. The van der Waals surface area contributed by atoms with Gasteiger partial charge in [-0.05, 0) is 32.0 Å². The van der Waals surface area contributed by atoms with Crippen LogP contribution in [0.4, 0.5) is 0 Å². The van der Waals surface area contributed by atoms with E-state index in [0.29, 0.717) is 0 Å². The first-order valence-corrected chi connectivity index (χ1v) is 6.58. The van der Waals surface area contributed by atoms with Gasteiger partial charge in [0.1, 0.15) is 5.82 Å². The van der Waals surface area contributed by atoms with Crippen LogP contribution in [0.3, 0.4) is 0 Å². The summed E-state index contributed by atoms with van der Waals surface area (Å²) in [5.74, 6) is 0.717. The number of pyridine rings is 2. The SMILES string of the molecule is Cc1ccc(-n2cc(-c3cnc(C)nc3)ccc2=O)cn1. The Morgan fingerprint density at radius 2 is 1.62 bits per heavy atom. The van der Waals surface area contributed by atoms with E-state index in [4.69, 9.17) is 0 Å². The van der Waals surface area contributed by atoms with Crippen molar-refractivity contribution in [2.24, 2.45) is 0 Å². The maximum absolute atomic E-state index is 12.0. The Hall–Kier alpha value is -2.82. The van der Waals surface area contributed by atoms with Crippen LogP contribution >= 0.6 is 0 Å². The summed E-state index contributed by atoms with van der Waals surface area (Å²) in [4.78, 5) is 24.6. The van der Waals surface area contributed by atoms with Crippen molar-refractivity contribution in [3.63, 3.8) is 0 Å². The molecule has 0 saturated heterocycles. The fourth-order valence-corrected chi connectivity index (χ4v) is 2.00. The molecule has 21 heavy (non-hydrogen) atoms. The molecule has 0 atom stereocenters. The van der Waals surface area contributed by atoms with Gasteiger partial charge in [0.25, 0.3) is 5.56 Å². The van der Waals surface area contributed by atoms with Crippen LogP contribution in [0.1, 0.15) is 11.5 Å². The molecule has 0 aliphatic heterocycles. The van der Waals surface area contributed by atoms with Gasteiger partial charge < -0.3 is 0 Å². The lowest BCUT2D eigenvalue weighted by molar-refractivity contribution is 0.972. The molecule has 0 amide bonds. The van der Waals surface area contributed by atoms with Gasteiger partial charge in [-0.1, -0.05) is 0 Å². The second-order valence-corrected chi connectivity index (χ2v) is 4.80. The summed E-state index contributed by atoms with van der Waals surface area (Å²) in [5.41, 5.74) is 3.30. The van der Waals surface area contributed by atoms with Crippen molar-refractivity contribution in [1.29, 1.82) is 0 Å². The number of aryl methyl sites for hydroxylation is 2. The molecular weight excluding hydrogens is 264 g/mol. The smallest absolute Gasteiger partial charge is 0.255 e. The largest absolute Gasteiger partial charge is 0.282 e. The predicted octanol–water partition coefficient (Wildman–Crippen LogP) is 2.31. The summed E-state index contributed by atoms with van der Waals surface area (Å²) < 4.78 is 1.57. The molecule has 0 saturated carbocycles. The molecule has 5 nitrogen and oxygen atoms in total. The molecule has 0 N–H and O–H groups in total. The highest BCUT2D eigenvalue weighted by atomic mass is 16.1. The molecule has 3 heterocycles. The van der Waals surface area contributed by atoms with Crippen molar-refractivity contribution in [2.75, 3.05) is 0 Å². The molecule has 104 valence electrons. The Balaban J connectivity index is 2.10. The Morgan fingerprint density at radius 3 is 2.29 bits per heavy atom. The minimum Gasteiger partial charge on any atom is -0.282 e. The Morgan fingerprint density at radius 1 is 0.857 bits per heavy atom. The zero-order valence-electron chi connectivity index (χ0n) is 11.8. The molecule has 0 aliphatic carbocycles. The number of nitrogens with zero attached hydrogens (tertiary/aromatic N) is 4. The monoisotopic (exact) mass is 278 g/mol. The first-order valence-electron chi connectivity index (χ1n) is 6.58. The van der Waals surface area contributed by atoms with Crippen molar-refractivity contribution in [1.82, 2.24) is 19.5 Å². The van der Waals surface area contributed by atoms with Crippen molar-refractivity contribution in [3.05, 3.63) is 70.9 Å². The van der Waals surface area contributed by atoms with E-state index in [-0.39, 0.29) is 5.56 Å². The van der Waals surface area contributed by atoms with Crippen LogP contribution in [0.2, 0.25) is 0 Å². The Kier molecular flexibility index (Phi) is 3.31. The Labute approximate surface area is 122 Å². The van der Waals surface area contributed by atoms with E-state index in [1.807, 2.05) is 26.0 Å². The van der Waals surface area contributed by atoms with Crippen LogP contribution in [0.25, 0.3) is 16.8 Å². The standard InChI is InChI=1S/C16H14N4O/c1-11-3-5-15(9-17-11)20-10-13(4-6-16(20)21)14-7-18-12(2)19-8-14/h3-10H,1-2H3. The van der Waals surface area contributed by atoms with Crippen LogP contribution in [0.15, 0.2) is 53.8 Å². The van der Waals surface area contributed by atoms with Crippen molar-refractivity contribution >= 4 is 0 Å². The molecule has 3 rings (SSSR count). The predicted molar refractivity (Wildman–Crippen MR) is 80.3 cm³/mol. The average molecular weight is 278 g/mol. The molecule has 3 aromatic heterocycles. The topological polar surface area (TPSA) is 60.7 Å². The zero-order chi connectivity index (χ0) is 14.8. The Bertz CT molecular complexity index is 820. The van der Waals surface area contributed by atoms with Gasteiger partial charge in [-0.25, -0.2) is 9.97 Å². The van der Waals surface area contributed by atoms with Gasteiger partial charge in [0, 0.05) is 41.5 Å². The normalized spacial score (nSPS) is 10.6. The van der Waals surface area contributed by atoms with Crippen LogP contribution in [-0.2, 0) is 0 Å². The van der Waals surface area contributed by atoms with E-state index in [2.05, 4.69) is 15.0 Å². The van der Waals surface area contributed by atoms with Crippen molar-refractivity contribution in [2.45, 2.75) is 13.8 Å². The molecule has 0 spiro atoms. The van der Waals surface area contributed by atoms with Gasteiger partial charge in [0.15, 0.2) is 0 Å². The van der Waals surface area contributed by atoms with E-state index in [9.17, 15) is 4.79 Å². The molecular formula is C16H14N4O. The summed E-state index contributed by atoms with van der Waals surface area (Å²) in [5, 5.41) is 0. The number of rotatable bonds is 2. The summed E-state index contributed by atoms with van der Waals surface area (Å²) in [6.07, 6.45) is 6.97. The molecule has 5 heteroatoms. The van der Waals surface area contributed by atoms with Crippen LogP contribution in [0.5, 0.6) is 0 Å². The molecule has 0 bridgehead atoms. The summed E-state index contributed by atoms with van der Waals surface area (Å²) in [6, 6.07) is 7.06. The highest BCUT2D eigenvalue weighted by Crippen LogP contribution is 2.17. The molecule has 0 radical (unpaired) electrons. The van der Waals surface area contributed by atoms with Crippen molar-refractivity contribution in [3.8, 4) is 16.8 Å². The maximum atomic E-state index is 12.0. The zero-order valence-corrected chi connectivity index (χ0v) is 11.8. The van der Waals surface area contributed by atoms with Gasteiger partial charge in [0.05, 0.1) is 11.9 Å². The minimum absolute atomic E-state index is 0.0996. The summed E-state index contributed by atoms with van der Waals surface area (Å²) in [7, 11) is 0. The van der Waals surface area contributed by atoms with Crippen LogP contribution < -0.4 is 5.56 Å². The van der Waals surface area contributed by atoms with E-state index < -0.39 is 0 Å². The molecule has 0 aromatic carbocycles. The first kappa shape index (κ1) is 13.2. The van der Waals surface area contributed by atoms with Gasteiger partial charge in [0.2, 0.25) is 0 Å². The third kappa shape index (κ3) is 2.72. The van der Waals surface area contributed by atoms with Gasteiger partial charge in [-0.15, -0.1) is 0 Å². The fraction of sp³-hybridized carbons (Fsp3) is 0.125. The van der Waals surface area contributed by atoms with E-state index in [0.717, 1.165) is 28.3 Å². The fourth-order valence-electron chi connectivity index (χ4n) is 2.00. The van der Waals surface area contributed by atoms with E-state index in [1.165, 1.54) is 6.07 Å². The summed E-state index contributed by atoms with van der Waals surface area (Å²) >= 11 is 0. The average Bonchev–Trinajstić information content (AvgIpc) is 2.50. The van der Waals surface area contributed by atoms with Gasteiger partial charge in [-0.2, -0.15) is 0 Å². The van der Waals surface area contributed by atoms with Crippen LogP contribution in [0, 0.1) is 13.8 Å². The van der Waals surface area contributed by atoms with Crippen molar-refractivity contribution < 1.29 is 0 Å². The number of hydrogen-bond donors (Lipinski definition) is 0. The third-order valence-corrected chi connectivity index (χ3v) is 3.20. The molecule has 0 fully saturated rings. The lowest BCUT2D eigenvalue weighted by atomic mass is 10.1. The van der Waals surface area contributed by atoms with Gasteiger partial charge in [-0.3, -0.25) is 14.3 Å². The highest BCUT2D eigenvalue weighted by Gasteiger charge is 2.04. The summed E-state index contributed by atoms with van der Waals surface area (Å²) in [6.45, 7) is 3.75. The number of hydrogen-bond acceptors (Lipinski definition) is 4. The third-order valence-electron chi connectivity index (χ3n) is 3.20. The molecule has 3 aromatic rings. The van der Waals surface area contributed by atoms with Crippen LogP contribution in [-0.4, -0.2) is 19.5 Å². The minimum atomic E-state index is -0.0996. The second kappa shape index (κ2) is 5.28. The lowest BCUT2D eigenvalue weighted by Crippen LogP contribution is -2.16. The highest BCUT2D eigenvalue weighted by molar-refractivity contribution is 5.60. The lowest BCUT2D eigenvalue weighted by Gasteiger charge is -2.08. The van der Waals surface area contributed by atoms with E-state index in [1.54, 1.807) is 35.4 Å². The maximum Gasteiger partial charge on any atom is 0.255 e. The first-order chi connectivity index (χ1) is 10.1. The second-order valence-electron chi connectivity index (χ2n) is 4.80. The molecule has 0 aliphatic rings.